The van der Waals surface area contributed by atoms with Crippen LogP contribution in [0.2, 0.25) is 0 Å². The van der Waals surface area contributed by atoms with Crippen molar-refractivity contribution in [2.24, 2.45) is 0 Å². The largest absolute Gasteiger partial charge is 0.303 e. The number of tetrazole rings is 1. The molecule has 0 amide bonds. The summed E-state index contributed by atoms with van der Waals surface area (Å²) < 4.78 is 0. The zero-order valence-electron chi connectivity index (χ0n) is 10.9. The topological polar surface area (TPSA) is 108 Å². The van der Waals surface area contributed by atoms with Crippen molar-refractivity contribution in [3.63, 3.8) is 0 Å². The lowest BCUT2D eigenvalue weighted by Crippen LogP contribution is -2.19. The Balaban J connectivity index is 1.72. The highest BCUT2D eigenvalue weighted by Crippen LogP contribution is 2.20. The van der Waals surface area contributed by atoms with E-state index in [4.69, 9.17) is 0 Å². The lowest BCUT2D eigenvalue weighted by atomic mass is 10.1. The smallest absolute Gasteiger partial charge is 0.191 e. The van der Waals surface area contributed by atoms with Crippen molar-refractivity contribution in [1.29, 1.82) is 0 Å². The SMILES string of the molecule is CC(NCc1cn[nH]c1-c1cccnc1)c1nn[nH]n1. The number of H-pyrrole nitrogens is 2. The highest BCUT2D eigenvalue weighted by atomic mass is 15.5. The van der Waals surface area contributed by atoms with Gasteiger partial charge in [0.05, 0.1) is 17.9 Å². The van der Waals surface area contributed by atoms with Crippen LogP contribution in [0.25, 0.3) is 11.3 Å². The zero-order valence-corrected chi connectivity index (χ0v) is 10.9. The number of nitrogens with one attached hydrogen (secondary N) is 3. The normalized spacial score (nSPS) is 12.4. The van der Waals surface area contributed by atoms with E-state index in [1.54, 1.807) is 18.6 Å². The number of aromatic amines is 2. The molecule has 0 aliphatic carbocycles. The Hall–Kier alpha value is -2.61. The van der Waals surface area contributed by atoms with E-state index in [0.717, 1.165) is 16.8 Å². The van der Waals surface area contributed by atoms with Crippen LogP contribution >= 0.6 is 0 Å². The third-order valence-electron chi connectivity index (χ3n) is 3.02. The first-order valence-corrected chi connectivity index (χ1v) is 6.24. The van der Waals surface area contributed by atoms with E-state index in [-0.39, 0.29) is 6.04 Å². The average molecular weight is 270 g/mol. The highest BCUT2D eigenvalue weighted by molar-refractivity contribution is 5.61. The summed E-state index contributed by atoms with van der Waals surface area (Å²) in [6.45, 7) is 2.63. The van der Waals surface area contributed by atoms with E-state index in [1.807, 2.05) is 19.1 Å². The fourth-order valence-corrected chi connectivity index (χ4v) is 1.91. The quantitative estimate of drug-likeness (QED) is 0.634. The zero-order chi connectivity index (χ0) is 13.8. The fourth-order valence-electron chi connectivity index (χ4n) is 1.91. The number of nitrogens with zero attached hydrogens (tertiary/aromatic N) is 5. The van der Waals surface area contributed by atoms with Gasteiger partial charge in [0, 0.05) is 30.1 Å². The van der Waals surface area contributed by atoms with Crippen LogP contribution in [0.3, 0.4) is 0 Å². The summed E-state index contributed by atoms with van der Waals surface area (Å²) >= 11 is 0. The Morgan fingerprint density at radius 1 is 1.35 bits per heavy atom. The Morgan fingerprint density at radius 2 is 2.30 bits per heavy atom. The van der Waals surface area contributed by atoms with Gasteiger partial charge in [-0.25, -0.2) is 0 Å². The van der Waals surface area contributed by atoms with Crippen LogP contribution in [0.15, 0.2) is 30.7 Å². The molecule has 1 atom stereocenters. The maximum atomic E-state index is 4.12. The molecule has 0 spiro atoms. The van der Waals surface area contributed by atoms with Crippen LogP contribution in [-0.2, 0) is 6.54 Å². The van der Waals surface area contributed by atoms with Crippen molar-refractivity contribution in [2.75, 3.05) is 0 Å². The van der Waals surface area contributed by atoms with Gasteiger partial charge in [0.15, 0.2) is 5.82 Å². The second-order valence-electron chi connectivity index (χ2n) is 4.38. The lowest BCUT2D eigenvalue weighted by Gasteiger charge is -2.09. The number of hydrogen-bond donors (Lipinski definition) is 3. The molecule has 3 aromatic heterocycles. The van der Waals surface area contributed by atoms with Crippen molar-refractivity contribution in [3.05, 3.63) is 42.1 Å². The van der Waals surface area contributed by atoms with Crippen molar-refractivity contribution < 1.29 is 0 Å². The summed E-state index contributed by atoms with van der Waals surface area (Å²) in [4.78, 5) is 4.12. The van der Waals surface area contributed by atoms with E-state index in [2.05, 4.69) is 41.1 Å². The number of pyridine rings is 1. The van der Waals surface area contributed by atoms with Crippen molar-refractivity contribution in [1.82, 2.24) is 41.1 Å². The third kappa shape index (κ3) is 2.54. The molecule has 0 saturated heterocycles. The molecule has 8 heteroatoms. The molecule has 3 heterocycles. The van der Waals surface area contributed by atoms with Gasteiger partial charge in [-0.3, -0.25) is 10.1 Å². The van der Waals surface area contributed by atoms with E-state index in [0.29, 0.717) is 12.4 Å². The molecule has 1 unspecified atom stereocenters. The molecule has 0 bridgehead atoms. The molecule has 0 aromatic carbocycles. The van der Waals surface area contributed by atoms with Gasteiger partial charge in [-0.2, -0.15) is 10.3 Å². The maximum absolute atomic E-state index is 4.12. The van der Waals surface area contributed by atoms with Gasteiger partial charge in [0.1, 0.15) is 0 Å². The van der Waals surface area contributed by atoms with E-state index >= 15 is 0 Å². The summed E-state index contributed by atoms with van der Waals surface area (Å²) in [6.07, 6.45) is 5.36. The molecule has 8 nitrogen and oxygen atoms in total. The minimum atomic E-state index is 0.00500. The summed E-state index contributed by atoms with van der Waals surface area (Å²) in [5.41, 5.74) is 3.04. The number of aromatic nitrogens is 7. The molecule has 20 heavy (non-hydrogen) atoms. The first-order chi connectivity index (χ1) is 9.84. The van der Waals surface area contributed by atoms with Crippen LogP contribution in [0.4, 0.5) is 0 Å². The first-order valence-electron chi connectivity index (χ1n) is 6.24. The molecule has 0 aliphatic rings. The monoisotopic (exact) mass is 270 g/mol. The van der Waals surface area contributed by atoms with Crippen LogP contribution in [0.5, 0.6) is 0 Å². The molecule has 0 radical (unpaired) electrons. The van der Waals surface area contributed by atoms with Crippen molar-refractivity contribution >= 4 is 0 Å². The first kappa shape index (κ1) is 12.4. The summed E-state index contributed by atoms with van der Waals surface area (Å²) in [7, 11) is 0. The van der Waals surface area contributed by atoms with Crippen molar-refractivity contribution in [2.45, 2.75) is 19.5 Å². The Morgan fingerprint density at radius 3 is 3.05 bits per heavy atom. The second kappa shape index (κ2) is 5.57. The molecular formula is C12H14N8. The minimum absolute atomic E-state index is 0.00500. The molecule has 0 aliphatic heterocycles. The van der Waals surface area contributed by atoms with Gasteiger partial charge >= 0.3 is 0 Å². The van der Waals surface area contributed by atoms with Gasteiger partial charge in [-0.05, 0) is 19.1 Å². The van der Waals surface area contributed by atoms with E-state index in [9.17, 15) is 0 Å². The Bertz CT molecular complexity index is 645. The van der Waals surface area contributed by atoms with Gasteiger partial charge in [0.25, 0.3) is 0 Å². The number of hydrogen-bond acceptors (Lipinski definition) is 6. The van der Waals surface area contributed by atoms with Crippen LogP contribution in [-0.4, -0.2) is 35.8 Å². The Labute approximate surface area is 115 Å². The predicted octanol–water partition coefficient (Wildman–Crippen LogP) is 0.836. The molecule has 102 valence electrons. The summed E-state index contributed by atoms with van der Waals surface area (Å²) in [6, 6.07) is 3.90. The van der Waals surface area contributed by atoms with E-state index < -0.39 is 0 Å². The van der Waals surface area contributed by atoms with Crippen LogP contribution in [0, 0.1) is 0 Å². The lowest BCUT2D eigenvalue weighted by molar-refractivity contribution is 0.547. The molecular weight excluding hydrogens is 256 g/mol. The fraction of sp³-hybridized carbons (Fsp3) is 0.250. The molecule has 3 aromatic rings. The van der Waals surface area contributed by atoms with Gasteiger partial charge in [0.2, 0.25) is 0 Å². The number of rotatable bonds is 5. The Kier molecular flexibility index (Phi) is 3.46. The summed E-state index contributed by atoms with van der Waals surface area (Å²) in [5, 5.41) is 24.3. The molecule has 0 fully saturated rings. The van der Waals surface area contributed by atoms with Gasteiger partial charge < -0.3 is 5.32 Å². The average Bonchev–Trinajstić information content (AvgIpc) is 3.17. The maximum Gasteiger partial charge on any atom is 0.191 e. The minimum Gasteiger partial charge on any atom is -0.303 e. The van der Waals surface area contributed by atoms with E-state index in [1.165, 1.54) is 0 Å². The van der Waals surface area contributed by atoms with Crippen LogP contribution < -0.4 is 5.32 Å². The summed E-state index contributed by atoms with van der Waals surface area (Å²) in [5.74, 6) is 0.636. The van der Waals surface area contributed by atoms with Gasteiger partial charge in [-0.15, -0.1) is 10.2 Å². The van der Waals surface area contributed by atoms with Gasteiger partial charge in [-0.1, -0.05) is 5.21 Å². The standard InChI is InChI=1S/C12H14N8/c1-8(12-17-19-20-18-12)14-6-10-7-15-16-11(10)9-3-2-4-13-5-9/h2-5,7-8,14H,6H2,1H3,(H,15,16)(H,17,18,19,20). The highest BCUT2D eigenvalue weighted by Gasteiger charge is 2.12. The van der Waals surface area contributed by atoms with Crippen molar-refractivity contribution in [3.8, 4) is 11.3 Å². The molecule has 3 N–H and O–H groups in total. The molecule has 3 rings (SSSR count). The third-order valence-corrected chi connectivity index (χ3v) is 3.02. The van der Waals surface area contributed by atoms with Crippen LogP contribution in [0.1, 0.15) is 24.4 Å². The second-order valence-corrected chi connectivity index (χ2v) is 4.38. The predicted molar refractivity (Wildman–Crippen MR) is 71.3 cm³/mol. The molecule has 0 saturated carbocycles.